The van der Waals surface area contributed by atoms with Crippen LogP contribution in [0.25, 0.3) is 0 Å². The molecule has 1 rings (SSSR count). The Balaban J connectivity index is 2.82. The highest BCUT2D eigenvalue weighted by Crippen LogP contribution is 2.29. The second-order valence-electron chi connectivity index (χ2n) is 2.85. The maximum absolute atomic E-state index is 11.9. The van der Waals surface area contributed by atoms with E-state index in [2.05, 4.69) is 21.2 Å². The molecule has 0 fully saturated rings. The van der Waals surface area contributed by atoms with Gasteiger partial charge in [-0.2, -0.15) is 0 Å². The Morgan fingerprint density at radius 3 is 2.71 bits per heavy atom. The summed E-state index contributed by atoms with van der Waals surface area (Å²) in [6, 6.07) is 3.42. The number of halogens is 4. The van der Waals surface area contributed by atoms with Crippen LogP contribution in [0.15, 0.2) is 16.6 Å². The van der Waals surface area contributed by atoms with Crippen LogP contribution in [-0.2, 0) is 0 Å². The molecule has 0 amide bonds. The van der Waals surface area contributed by atoms with Crippen LogP contribution < -0.4 is 5.32 Å². The minimum atomic E-state index is -2.37. The van der Waals surface area contributed by atoms with Gasteiger partial charge in [-0.05, 0) is 40.5 Å². The number of aryl methyl sites for hydroxylation is 1. The molecule has 78 valence electrons. The third-order valence-electron chi connectivity index (χ3n) is 1.70. The summed E-state index contributed by atoms with van der Waals surface area (Å²) in [6.45, 7) is 1.47. The monoisotopic (exact) mass is 283 g/mol. The Labute approximate surface area is 94.6 Å². The zero-order chi connectivity index (χ0) is 10.7. The molecule has 1 nitrogen and oxygen atoms in total. The summed E-state index contributed by atoms with van der Waals surface area (Å²) in [5, 5.41) is 3.16. The Hall–Kier alpha value is -0.350. The molecule has 0 radical (unpaired) electrons. The first-order valence-corrected chi connectivity index (χ1v) is 5.15. The van der Waals surface area contributed by atoms with Crippen LogP contribution in [0.3, 0.4) is 0 Å². The van der Waals surface area contributed by atoms with Crippen molar-refractivity contribution < 1.29 is 8.78 Å². The highest BCUT2D eigenvalue weighted by Gasteiger charge is 2.06. The lowest BCUT2D eigenvalue weighted by Gasteiger charge is -2.09. The summed E-state index contributed by atoms with van der Waals surface area (Å²) in [7, 11) is 0. The summed E-state index contributed by atoms with van der Waals surface area (Å²) in [6.07, 6.45) is -2.37. The van der Waals surface area contributed by atoms with Crippen LogP contribution in [0.5, 0.6) is 0 Å². The third-order valence-corrected chi connectivity index (χ3v) is 2.76. The van der Waals surface area contributed by atoms with E-state index in [-0.39, 0.29) is 6.54 Å². The SMILES string of the molecule is Cc1cc(Br)c(NCC(F)F)cc1Cl. The molecule has 1 N–H and O–H groups in total. The second-order valence-corrected chi connectivity index (χ2v) is 4.11. The molecule has 0 spiro atoms. The highest BCUT2D eigenvalue weighted by atomic mass is 79.9. The van der Waals surface area contributed by atoms with Gasteiger partial charge in [0.05, 0.1) is 12.2 Å². The summed E-state index contributed by atoms with van der Waals surface area (Å²) in [4.78, 5) is 0. The minimum absolute atomic E-state index is 0.377. The molecule has 0 saturated heterocycles. The molecular formula is C9H9BrClF2N. The standard InChI is InChI=1S/C9H9BrClF2N/c1-5-2-6(10)8(3-7(5)11)14-4-9(12)13/h2-3,9,14H,4H2,1H3. The zero-order valence-electron chi connectivity index (χ0n) is 7.45. The number of hydrogen-bond donors (Lipinski definition) is 1. The fraction of sp³-hybridized carbons (Fsp3) is 0.333. The van der Waals surface area contributed by atoms with Gasteiger partial charge in [0.15, 0.2) is 0 Å². The third kappa shape index (κ3) is 3.10. The van der Waals surface area contributed by atoms with Crippen molar-refractivity contribution in [3.63, 3.8) is 0 Å². The molecule has 1 aromatic carbocycles. The van der Waals surface area contributed by atoms with E-state index >= 15 is 0 Å². The first-order valence-electron chi connectivity index (χ1n) is 3.98. The topological polar surface area (TPSA) is 12.0 Å². The summed E-state index contributed by atoms with van der Waals surface area (Å²) in [5.74, 6) is 0. The van der Waals surface area contributed by atoms with Crippen molar-refractivity contribution in [1.29, 1.82) is 0 Å². The second kappa shape index (κ2) is 4.94. The van der Waals surface area contributed by atoms with Crippen molar-refractivity contribution >= 4 is 33.2 Å². The normalized spacial score (nSPS) is 10.7. The van der Waals surface area contributed by atoms with Gasteiger partial charge in [0.25, 0.3) is 6.43 Å². The molecule has 0 bridgehead atoms. The van der Waals surface area contributed by atoms with Crippen molar-refractivity contribution in [2.24, 2.45) is 0 Å². The van der Waals surface area contributed by atoms with Gasteiger partial charge < -0.3 is 5.32 Å². The average molecular weight is 285 g/mol. The van der Waals surface area contributed by atoms with Crippen molar-refractivity contribution in [2.45, 2.75) is 13.3 Å². The highest BCUT2D eigenvalue weighted by molar-refractivity contribution is 9.10. The maximum Gasteiger partial charge on any atom is 0.255 e. The van der Waals surface area contributed by atoms with Gasteiger partial charge in [-0.1, -0.05) is 11.6 Å². The van der Waals surface area contributed by atoms with Crippen molar-refractivity contribution in [3.8, 4) is 0 Å². The first-order chi connectivity index (χ1) is 6.50. The van der Waals surface area contributed by atoms with Crippen molar-refractivity contribution in [3.05, 3.63) is 27.2 Å². The zero-order valence-corrected chi connectivity index (χ0v) is 9.79. The molecule has 0 aromatic heterocycles. The molecule has 0 aliphatic carbocycles. The number of rotatable bonds is 3. The van der Waals surface area contributed by atoms with E-state index in [1.807, 2.05) is 6.92 Å². The Morgan fingerprint density at radius 2 is 2.14 bits per heavy atom. The minimum Gasteiger partial charge on any atom is -0.378 e. The van der Waals surface area contributed by atoms with E-state index in [0.717, 1.165) is 10.0 Å². The van der Waals surface area contributed by atoms with E-state index in [9.17, 15) is 8.78 Å². The predicted molar refractivity (Wildman–Crippen MR) is 58.4 cm³/mol. The van der Waals surface area contributed by atoms with Crippen molar-refractivity contribution in [1.82, 2.24) is 0 Å². The fourth-order valence-corrected chi connectivity index (χ4v) is 1.73. The van der Waals surface area contributed by atoms with E-state index in [1.165, 1.54) is 0 Å². The molecule has 0 saturated carbocycles. The van der Waals surface area contributed by atoms with Crippen LogP contribution in [0.4, 0.5) is 14.5 Å². The molecule has 0 heterocycles. The number of hydrogen-bond acceptors (Lipinski definition) is 1. The van der Waals surface area contributed by atoms with E-state index in [1.54, 1.807) is 12.1 Å². The van der Waals surface area contributed by atoms with Gasteiger partial charge in [-0.25, -0.2) is 8.78 Å². The van der Waals surface area contributed by atoms with E-state index in [4.69, 9.17) is 11.6 Å². The van der Waals surface area contributed by atoms with Crippen LogP contribution in [0.2, 0.25) is 5.02 Å². The van der Waals surface area contributed by atoms with Gasteiger partial charge in [-0.15, -0.1) is 0 Å². The summed E-state index contributed by atoms with van der Waals surface area (Å²) in [5.41, 5.74) is 1.49. The Kier molecular flexibility index (Phi) is 4.13. The molecule has 14 heavy (non-hydrogen) atoms. The lowest BCUT2D eigenvalue weighted by molar-refractivity contribution is 0.163. The van der Waals surface area contributed by atoms with E-state index < -0.39 is 6.43 Å². The quantitative estimate of drug-likeness (QED) is 0.881. The lowest BCUT2D eigenvalue weighted by Crippen LogP contribution is -2.10. The molecule has 0 unspecified atom stereocenters. The molecular weight excluding hydrogens is 275 g/mol. The Morgan fingerprint density at radius 1 is 1.50 bits per heavy atom. The molecule has 0 aliphatic heterocycles. The number of benzene rings is 1. The summed E-state index contributed by atoms with van der Waals surface area (Å²) >= 11 is 9.12. The smallest absolute Gasteiger partial charge is 0.255 e. The predicted octanol–water partition coefficient (Wildman–Crippen LogP) is 4.09. The van der Waals surface area contributed by atoms with Gasteiger partial charge in [0.1, 0.15) is 0 Å². The van der Waals surface area contributed by atoms with Crippen LogP contribution in [0.1, 0.15) is 5.56 Å². The number of nitrogens with one attached hydrogen (secondary N) is 1. The first kappa shape index (κ1) is 11.7. The van der Waals surface area contributed by atoms with E-state index in [0.29, 0.717) is 10.7 Å². The lowest BCUT2D eigenvalue weighted by atomic mass is 10.2. The van der Waals surface area contributed by atoms with Gasteiger partial charge in [0.2, 0.25) is 0 Å². The largest absolute Gasteiger partial charge is 0.378 e. The van der Waals surface area contributed by atoms with Gasteiger partial charge in [0, 0.05) is 9.50 Å². The number of anilines is 1. The molecule has 5 heteroatoms. The molecule has 1 aromatic rings. The molecule has 0 aliphatic rings. The Bertz CT molecular complexity index is 331. The fourth-order valence-electron chi connectivity index (χ4n) is 0.969. The average Bonchev–Trinajstić information content (AvgIpc) is 2.09. The van der Waals surface area contributed by atoms with Gasteiger partial charge in [-0.3, -0.25) is 0 Å². The number of alkyl halides is 2. The summed E-state index contributed by atoms with van der Waals surface area (Å²) < 4.78 is 24.6. The van der Waals surface area contributed by atoms with Crippen LogP contribution >= 0.6 is 27.5 Å². The van der Waals surface area contributed by atoms with Crippen LogP contribution in [0, 0.1) is 6.92 Å². The maximum atomic E-state index is 11.9. The van der Waals surface area contributed by atoms with Gasteiger partial charge >= 0.3 is 0 Å². The van der Waals surface area contributed by atoms with Crippen LogP contribution in [-0.4, -0.2) is 13.0 Å². The van der Waals surface area contributed by atoms with Crippen molar-refractivity contribution in [2.75, 3.05) is 11.9 Å². The molecule has 0 atom stereocenters.